The molecule has 1 aromatic carbocycles. The molecule has 0 saturated carbocycles. The normalized spacial score (nSPS) is 17.4. The van der Waals surface area contributed by atoms with E-state index in [1.165, 1.54) is 0 Å². The molecule has 4 heterocycles. The zero-order valence-corrected chi connectivity index (χ0v) is 14.4. The summed E-state index contributed by atoms with van der Waals surface area (Å²) in [5.41, 5.74) is 4.31. The van der Waals surface area contributed by atoms with Crippen LogP contribution in [0, 0.1) is 6.92 Å². The minimum absolute atomic E-state index is 0.0206. The highest BCUT2D eigenvalue weighted by atomic mass is 16.2. The van der Waals surface area contributed by atoms with Gasteiger partial charge in [-0.05, 0) is 37.5 Å². The van der Waals surface area contributed by atoms with Crippen LogP contribution in [0.3, 0.4) is 0 Å². The summed E-state index contributed by atoms with van der Waals surface area (Å²) in [6.07, 6.45) is 5.40. The van der Waals surface area contributed by atoms with Gasteiger partial charge in [-0.3, -0.25) is 15.0 Å². The highest BCUT2D eigenvalue weighted by Gasteiger charge is 2.31. The van der Waals surface area contributed by atoms with Crippen LogP contribution >= 0.6 is 0 Å². The fraction of sp³-hybridized carbons (Fsp3) is 0.263. The third kappa shape index (κ3) is 2.28. The predicted octanol–water partition coefficient (Wildman–Crippen LogP) is 3.12. The molecular weight excluding hydrogens is 328 g/mol. The topological polar surface area (TPSA) is 90.6 Å². The van der Waals surface area contributed by atoms with Gasteiger partial charge >= 0.3 is 0 Å². The van der Waals surface area contributed by atoms with Gasteiger partial charge in [-0.2, -0.15) is 10.2 Å². The molecule has 7 nitrogen and oxygen atoms in total. The van der Waals surface area contributed by atoms with Gasteiger partial charge in [0.15, 0.2) is 5.65 Å². The van der Waals surface area contributed by atoms with Crippen molar-refractivity contribution in [2.45, 2.75) is 25.8 Å². The number of nitrogens with zero attached hydrogens (tertiary/aromatic N) is 4. The largest absolute Gasteiger partial charge is 0.332 e. The summed E-state index contributed by atoms with van der Waals surface area (Å²) in [6, 6.07) is 8.21. The van der Waals surface area contributed by atoms with Gasteiger partial charge in [0.05, 0.1) is 23.3 Å². The summed E-state index contributed by atoms with van der Waals surface area (Å²) >= 11 is 0. The van der Waals surface area contributed by atoms with Gasteiger partial charge in [-0.25, -0.2) is 4.98 Å². The molecule has 1 fully saturated rings. The van der Waals surface area contributed by atoms with Crippen molar-refractivity contribution in [3.8, 4) is 0 Å². The number of carbonyl (C=O) groups excluding carboxylic acids is 1. The summed E-state index contributed by atoms with van der Waals surface area (Å²) in [5, 5.41) is 16.1. The van der Waals surface area contributed by atoms with Crippen LogP contribution < -0.4 is 0 Å². The van der Waals surface area contributed by atoms with Crippen molar-refractivity contribution in [1.82, 2.24) is 30.3 Å². The first-order valence-electron chi connectivity index (χ1n) is 8.75. The van der Waals surface area contributed by atoms with Crippen molar-refractivity contribution in [3.05, 3.63) is 53.5 Å². The zero-order chi connectivity index (χ0) is 17.7. The van der Waals surface area contributed by atoms with E-state index in [1.54, 1.807) is 6.20 Å². The molecule has 4 aromatic rings. The molecule has 1 atom stereocenters. The van der Waals surface area contributed by atoms with Gasteiger partial charge in [-0.1, -0.05) is 12.1 Å². The highest BCUT2D eigenvalue weighted by molar-refractivity contribution is 5.97. The maximum absolute atomic E-state index is 13.2. The number of H-pyrrole nitrogens is 2. The number of benzene rings is 1. The van der Waals surface area contributed by atoms with Crippen LogP contribution in [-0.4, -0.2) is 42.7 Å². The maximum Gasteiger partial charge on any atom is 0.255 e. The summed E-state index contributed by atoms with van der Waals surface area (Å²) < 4.78 is 0. The standard InChI is InChI=1S/C19H18N6O/c1-11-15-7-14(9-20-18(15)24-22-11)19(26)25-6-2-3-17(25)12-4-5-13-10-21-23-16(13)8-12/h4-5,7-10,17H,2-3,6H2,1H3,(H,21,23)(H,20,22,24)/t17-/m0/s1. The molecule has 0 spiro atoms. The molecule has 1 aliphatic heterocycles. The molecule has 26 heavy (non-hydrogen) atoms. The molecule has 0 unspecified atom stereocenters. The fourth-order valence-corrected chi connectivity index (χ4v) is 3.82. The van der Waals surface area contributed by atoms with Crippen molar-refractivity contribution >= 4 is 27.8 Å². The molecule has 5 rings (SSSR count). The molecule has 1 saturated heterocycles. The number of fused-ring (bicyclic) bond motifs is 2. The molecule has 7 heteroatoms. The quantitative estimate of drug-likeness (QED) is 0.583. The number of pyridine rings is 1. The van der Waals surface area contributed by atoms with Crippen LogP contribution in [0.25, 0.3) is 21.9 Å². The molecule has 1 amide bonds. The highest BCUT2D eigenvalue weighted by Crippen LogP contribution is 2.34. The van der Waals surface area contributed by atoms with Gasteiger partial charge < -0.3 is 4.90 Å². The van der Waals surface area contributed by atoms with Crippen LogP contribution in [0.2, 0.25) is 0 Å². The number of hydrogen-bond donors (Lipinski definition) is 2. The Morgan fingerprint density at radius 3 is 3.08 bits per heavy atom. The van der Waals surface area contributed by atoms with Crippen molar-refractivity contribution in [2.24, 2.45) is 0 Å². The molecular formula is C19H18N6O. The van der Waals surface area contributed by atoms with Crippen LogP contribution in [0.5, 0.6) is 0 Å². The van der Waals surface area contributed by atoms with E-state index in [9.17, 15) is 4.79 Å². The third-order valence-corrected chi connectivity index (χ3v) is 5.21. The lowest BCUT2D eigenvalue weighted by Crippen LogP contribution is -2.30. The average molecular weight is 346 g/mol. The Labute approximate surface area is 149 Å². The number of amides is 1. The Bertz CT molecular complexity index is 1130. The second-order valence-corrected chi connectivity index (χ2v) is 6.82. The lowest BCUT2D eigenvalue weighted by atomic mass is 10.0. The number of aryl methyl sites for hydroxylation is 1. The maximum atomic E-state index is 13.2. The van der Waals surface area contributed by atoms with Crippen molar-refractivity contribution < 1.29 is 4.79 Å². The molecule has 3 aromatic heterocycles. The lowest BCUT2D eigenvalue weighted by Gasteiger charge is -2.25. The Balaban J connectivity index is 1.50. The second-order valence-electron chi connectivity index (χ2n) is 6.82. The van der Waals surface area contributed by atoms with Gasteiger partial charge in [-0.15, -0.1) is 0 Å². The number of likely N-dealkylation sites (tertiary alicyclic amines) is 1. The molecule has 1 aliphatic rings. The number of rotatable bonds is 2. The van der Waals surface area contributed by atoms with Crippen molar-refractivity contribution in [2.75, 3.05) is 6.54 Å². The van der Waals surface area contributed by atoms with Crippen LogP contribution in [0.1, 0.15) is 40.5 Å². The van der Waals surface area contributed by atoms with E-state index in [2.05, 4.69) is 43.6 Å². The van der Waals surface area contributed by atoms with Crippen LogP contribution in [0.4, 0.5) is 0 Å². The number of hydrogen-bond acceptors (Lipinski definition) is 4. The Morgan fingerprint density at radius 1 is 1.23 bits per heavy atom. The Kier molecular flexibility index (Phi) is 3.28. The summed E-state index contributed by atoms with van der Waals surface area (Å²) in [7, 11) is 0. The van der Waals surface area contributed by atoms with E-state index in [0.717, 1.165) is 46.9 Å². The molecule has 0 aliphatic carbocycles. The van der Waals surface area contributed by atoms with Crippen LogP contribution in [0.15, 0.2) is 36.7 Å². The first-order chi connectivity index (χ1) is 12.7. The number of aromatic amines is 2. The summed E-state index contributed by atoms with van der Waals surface area (Å²) in [5.74, 6) is 0.0206. The second kappa shape index (κ2) is 5.66. The summed E-state index contributed by atoms with van der Waals surface area (Å²) in [4.78, 5) is 19.4. The van der Waals surface area contributed by atoms with Gasteiger partial charge in [0.1, 0.15) is 0 Å². The summed E-state index contributed by atoms with van der Waals surface area (Å²) in [6.45, 7) is 2.69. The van der Waals surface area contributed by atoms with Crippen LogP contribution in [-0.2, 0) is 0 Å². The van der Waals surface area contributed by atoms with Gasteiger partial charge in [0.2, 0.25) is 0 Å². The number of nitrogens with one attached hydrogen (secondary N) is 2. The first-order valence-corrected chi connectivity index (χ1v) is 8.75. The minimum atomic E-state index is 0.0206. The van der Waals surface area contributed by atoms with Crippen molar-refractivity contribution in [3.63, 3.8) is 0 Å². The van der Waals surface area contributed by atoms with E-state index in [4.69, 9.17) is 0 Å². The molecule has 0 bridgehead atoms. The van der Waals surface area contributed by atoms with E-state index in [1.807, 2.05) is 24.1 Å². The smallest absolute Gasteiger partial charge is 0.255 e. The Hall–Kier alpha value is -3.22. The van der Waals surface area contributed by atoms with E-state index in [-0.39, 0.29) is 11.9 Å². The van der Waals surface area contributed by atoms with Gasteiger partial charge in [0.25, 0.3) is 5.91 Å². The predicted molar refractivity (Wildman–Crippen MR) is 97.7 cm³/mol. The molecule has 130 valence electrons. The fourth-order valence-electron chi connectivity index (χ4n) is 3.82. The number of aromatic nitrogens is 5. The third-order valence-electron chi connectivity index (χ3n) is 5.21. The van der Waals surface area contributed by atoms with E-state index < -0.39 is 0 Å². The van der Waals surface area contributed by atoms with Gasteiger partial charge in [0, 0.05) is 29.2 Å². The zero-order valence-electron chi connectivity index (χ0n) is 14.4. The SMILES string of the molecule is Cc1[nH]nc2ncc(C(=O)N3CCC[C@H]3c3ccc4cn[nH]c4c3)cc12. The molecule has 2 N–H and O–H groups in total. The van der Waals surface area contributed by atoms with E-state index in [0.29, 0.717) is 11.2 Å². The van der Waals surface area contributed by atoms with E-state index >= 15 is 0 Å². The van der Waals surface area contributed by atoms with Crippen molar-refractivity contribution in [1.29, 1.82) is 0 Å². The number of carbonyl (C=O) groups is 1. The minimum Gasteiger partial charge on any atom is -0.332 e. The average Bonchev–Trinajstić information content (AvgIpc) is 3.40. The first kappa shape index (κ1) is 15.1. The molecule has 0 radical (unpaired) electrons. The lowest BCUT2D eigenvalue weighted by molar-refractivity contribution is 0.0735. The Morgan fingerprint density at radius 2 is 2.15 bits per heavy atom. The monoisotopic (exact) mass is 346 g/mol.